The Morgan fingerprint density at radius 3 is 2.95 bits per heavy atom. The summed E-state index contributed by atoms with van der Waals surface area (Å²) in [6.45, 7) is 1.88. The van der Waals surface area contributed by atoms with E-state index in [9.17, 15) is 5.26 Å². The minimum absolute atomic E-state index is 0.568. The van der Waals surface area contributed by atoms with Gasteiger partial charge < -0.3 is 4.98 Å². The van der Waals surface area contributed by atoms with Gasteiger partial charge in [0, 0.05) is 6.20 Å². The number of fused-ring (bicyclic) bond motifs is 1. The maximum absolute atomic E-state index is 9.19. The van der Waals surface area contributed by atoms with E-state index in [-0.39, 0.29) is 0 Å². The molecule has 0 bridgehead atoms. The van der Waals surface area contributed by atoms with Crippen molar-refractivity contribution >= 4 is 22.9 Å². The number of H-pyrrole nitrogens is 1. The Morgan fingerprint density at radius 1 is 1.21 bits per heavy atom. The molecule has 0 aromatic carbocycles. The molecule has 19 heavy (non-hydrogen) atoms. The molecule has 92 valence electrons. The van der Waals surface area contributed by atoms with Crippen molar-refractivity contribution in [3.8, 4) is 6.07 Å². The van der Waals surface area contributed by atoms with Gasteiger partial charge in [-0.05, 0) is 30.3 Å². The lowest BCUT2D eigenvalue weighted by atomic mass is 10.2. The molecule has 3 aromatic heterocycles. The topological polar surface area (TPSA) is 91.1 Å². The number of aryl methyl sites for hydroxylation is 1. The molecule has 3 rings (SSSR count). The van der Waals surface area contributed by atoms with Gasteiger partial charge >= 0.3 is 0 Å². The highest BCUT2D eigenvalue weighted by Gasteiger charge is 2.12. The van der Waals surface area contributed by atoms with Gasteiger partial charge in [-0.25, -0.2) is 19.9 Å². The van der Waals surface area contributed by atoms with Crippen LogP contribution in [0.3, 0.4) is 0 Å². The lowest BCUT2D eigenvalue weighted by Crippen LogP contribution is -1.92. The van der Waals surface area contributed by atoms with Gasteiger partial charge in [-0.3, -0.25) is 0 Å². The number of pyridine rings is 1. The fourth-order valence-corrected chi connectivity index (χ4v) is 2.62. The Balaban J connectivity index is 2.09. The third kappa shape index (κ3) is 2.02. The number of rotatable bonds is 2. The number of imidazole rings is 1. The van der Waals surface area contributed by atoms with Crippen molar-refractivity contribution in [2.75, 3.05) is 0 Å². The molecule has 6 nitrogen and oxygen atoms in total. The normalized spacial score (nSPS) is 10.5. The van der Waals surface area contributed by atoms with E-state index in [1.165, 1.54) is 18.1 Å². The Bertz CT molecular complexity index is 788. The summed E-state index contributed by atoms with van der Waals surface area (Å²) in [7, 11) is 0. The lowest BCUT2D eigenvalue weighted by molar-refractivity contribution is 1.05. The molecule has 3 aromatic rings. The Labute approximate surface area is 113 Å². The molecule has 0 aliphatic carbocycles. The minimum Gasteiger partial charge on any atom is -0.341 e. The average molecular weight is 268 g/mol. The second-order valence-corrected chi connectivity index (χ2v) is 4.78. The first-order chi connectivity index (χ1) is 9.29. The molecule has 7 heteroatoms. The van der Waals surface area contributed by atoms with E-state index in [1.807, 2.05) is 13.0 Å². The third-order valence-electron chi connectivity index (χ3n) is 2.62. The number of hydrogen-bond donors (Lipinski definition) is 1. The molecule has 0 saturated heterocycles. The highest BCUT2D eigenvalue weighted by Crippen LogP contribution is 2.31. The quantitative estimate of drug-likeness (QED) is 0.715. The first-order valence-corrected chi connectivity index (χ1v) is 6.29. The van der Waals surface area contributed by atoms with Crippen LogP contribution in [-0.4, -0.2) is 24.9 Å². The number of nitriles is 1. The van der Waals surface area contributed by atoms with Gasteiger partial charge in [0.1, 0.15) is 28.0 Å². The summed E-state index contributed by atoms with van der Waals surface area (Å²) in [5, 5.41) is 10.5. The predicted molar refractivity (Wildman–Crippen MR) is 69.5 cm³/mol. The summed E-state index contributed by atoms with van der Waals surface area (Å²) in [4.78, 5) is 19.6. The molecule has 1 N–H and O–H groups in total. The fraction of sp³-hybridized carbons (Fsp3) is 0.0833. The Kier molecular flexibility index (Phi) is 2.85. The summed E-state index contributed by atoms with van der Waals surface area (Å²) < 4.78 is 0. The minimum atomic E-state index is 0.568. The van der Waals surface area contributed by atoms with Crippen LogP contribution in [0.15, 0.2) is 35.0 Å². The summed E-state index contributed by atoms with van der Waals surface area (Å²) in [6.07, 6.45) is 4.70. The van der Waals surface area contributed by atoms with Crippen LogP contribution in [0.1, 0.15) is 11.1 Å². The summed E-state index contributed by atoms with van der Waals surface area (Å²) >= 11 is 1.33. The average Bonchev–Trinajstić information content (AvgIpc) is 2.88. The summed E-state index contributed by atoms with van der Waals surface area (Å²) in [5.41, 5.74) is 2.82. The van der Waals surface area contributed by atoms with E-state index in [2.05, 4.69) is 31.0 Å². The molecule has 0 radical (unpaired) electrons. The number of hydrogen-bond acceptors (Lipinski definition) is 6. The number of nitrogens with one attached hydrogen (secondary N) is 1. The van der Waals surface area contributed by atoms with Gasteiger partial charge in [-0.1, -0.05) is 0 Å². The molecule has 0 fully saturated rings. The Hall–Kier alpha value is -2.46. The molecule has 3 heterocycles. The number of aromatic amines is 1. The molecule has 0 unspecified atom stereocenters. The number of nitrogens with zero attached hydrogens (tertiary/aromatic N) is 5. The van der Waals surface area contributed by atoms with Crippen molar-refractivity contribution in [1.82, 2.24) is 24.9 Å². The predicted octanol–water partition coefficient (Wildman–Crippen LogP) is 2.08. The van der Waals surface area contributed by atoms with Crippen LogP contribution in [0.25, 0.3) is 11.2 Å². The van der Waals surface area contributed by atoms with E-state index in [1.54, 1.807) is 12.5 Å². The van der Waals surface area contributed by atoms with E-state index in [0.717, 1.165) is 11.1 Å². The zero-order valence-corrected chi connectivity index (χ0v) is 10.8. The second kappa shape index (κ2) is 4.66. The molecule has 0 amide bonds. The van der Waals surface area contributed by atoms with E-state index < -0.39 is 0 Å². The third-order valence-corrected chi connectivity index (χ3v) is 3.62. The van der Waals surface area contributed by atoms with Crippen LogP contribution in [0.2, 0.25) is 0 Å². The second-order valence-electron chi connectivity index (χ2n) is 3.80. The van der Waals surface area contributed by atoms with E-state index >= 15 is 0 Å². The van der Waals surface area contributed by atoms with Crippen molar-refractivity contribution in [3.63, 3.8) is 0 Å². The maximum Gasteiger partial charge on any atom is 0.181 e. The van der Waals surface area contributed by atoms with Gasteiger partial charge in [0.2, 0.25) is 0 Å². The van der Waals surface area contributed by atoms with Crippen molar-refractivity contribution in [3.05, 3.63) is 36.0 Å². The maximum atomic E-state index is 9.19. The molecular weight excluding hydrogens is 260 g/mol. The zero-order chi connectivity index (χ0) is 13.2. The van der Waals surface area contributed by atoms with Crippen LogP contribution in [-0.2, 0) is 0 Å². The van der Waals surface area contributed by atoms with Gasteiger partial charge in [-0.2, -0.15) is 5.26 Å². The first-order valence-electron chi connectivity index (χ1n) is 5.47. The fourth-order valence-electron chi connectivity index (χ4n) is 1.66. The summed E-state index contributed by atoms with van der Waals surface area (Å²) in [5.74, 6) is 0. The molecular formula is C12H8N6S. The van der Waals surface area contributed by atoms with Crippen molar-refractivity contribution < 1.29 is 0 Å². The van der Waals surface area contributed by atoms with Gasteiger partial charge in [0.15, 0.2) is 5.65 Å². The highest BCUT2D eigenvalue weighted by atomic mass is 32.2. The van der Waals surface area contributed by atoms with Crippen molar-refractivity contribution in [1.29, 1.82) is 5.26 Å². The van der Waals surface area contributed by atoms with Gasteiger partial charge in [0.05, 0.1) is 11.9 Å². The van der Waals surface area contributed by atoms with Gasteiger partial charge in [0.25, 0.3) is 0 Å². The molecule has 0 aliphatic rings. The largest absolute Gasteiger partial charge is 0.341 e. The standard InChI is InChI=1S/C12H8N6S/c1-7-2-3-14-11(8(7)4-13)19-12-9-10(16-5-15-9)17-6-18-12/h2-3,5-6H,1H3,(H,15,16,17,18). The molecule has 0 atom stereocenters. The summed E-state index contributed by atoms with van der Waals surface area (Å²) in [6, 6.07) is 3.99. The van der Waals surface area contributed by atoms with Crippen LogP contribution in [0.5, 0.6) is 0 Å². The number of aromatic nitrogens is 5. The Morgan fingerprint density at radius 2 is 2.11 bits per heavy atom. The van der Waals surface area contributed by atoms with Crippen molar-refractivity contribution in [2.24, 2.45) is 0 Å². The molecule has 0 saturated carbocycles. The van der Waals surface area contributed by atoms with Crippen LogP contribution < -0.4 is 0 Å². The van der Waals surface area contributed by atoms with Crippen LogP contribution in [0.4, 0.5) is 0 Å². The molecule has 0 aliphatic heterocycles. The lowest BCUT2D eigenvalue weighted by Gasteiger charge is -2.04. The highest BCUT2D eigenvalue weighted by molar-refractivity contribution is 7.99. The van der Waals surface area contributed by atoms with Gasteiger partial charge in [-0.15, -0.1) is 0 Å². The van der Waals surface area contributed by atoms with E-state index in [4.69, 9.17) is 0 Å². The van der Waals surface area contributed by atoms with Crippen LogP contribution in [0, 0.1) is 18.3 Å². The van der Waals surface area contributed by atoms with E-state index in [0.29, 0.717) is 21.3 Å². The monoisotopic (exact) mass is 268 g/mol. The van der Waals surface area contributed by atoms with Crippen LogP contribution >= 0.6 is 11.8 Å². The zero-order valence-electron chi connectivity index (χ0n) is 9.95. The SMILES string of the molecule is Cc1ccnc(Sc2ncnc3nc[nH]c23)c1C#N. The molecule has 0 spiro atoms. The first kappa shape index (κ1) is 11.6. The van der Waals surface area contributed by atoms with Crippen molar-refractivity contribution in [2.45, 2.75) is 17.0 Å². The smallest absolute Gasteiger partial charge is 0.181 e.